The zero-order valence-corrected chi connectivity index (χ0v) is 14.6. The molecule has 0 spiro atoms. The lowest BCUT2D eigenvalue weighted by Gasteiger charge is -2.20. The summed E-state index contributed by atoms with van der Waals surface area (Å²) in [5.41, 5.74) is 0.0316. The fraction of sp³-hybridized carbons (Fsp3) is 0.467. The first kappa shape index (κ1) is 18.7. The molecule has 0 heterocycles. The Morgan fingerprint density at radius 3 is 2.36 bits per heavy atom. The topological polar surface area (TPSA) is 59.8 Å². The molecule has 1 rings (SSSR count). The van der Waals surface area contributed by atoms with Crippen molar-refractivity contribution in [1.29, 1.82) is 0 Å². The second-order valence-corrected chi connectivity index (χ2v) is 6.89. The van der Waals surface area contributed by atoms with Crippen molar-refractivity contribution in [1.82, 2.24) is 0 Å². The van der Waals surface area contributed by atoms with Gasteiger partial charge in [0.25, 0.3) is 5.91 Å². The van der Waals surface area contributed by atoms with E-state index in [0.29, 0.717) is 15.7 Å². The monoisotopic (exact) mass is 347 g/mol. The summed E-state index contributed by atoms with van der Waals surface area (Å²) >= 11 is 11.7. The molecule has 1 unspecified atom stereocenters. The van der Waals surface area contributed by atoms with Gasteiger partial charge >= 0.3 is 5.97 Å². The fourth-order valence-electron chi connectivity index (χ4n) is 1.74. The van der Waals surface area contributed by atoms with Crippen molar-refractivity contribution < 1.29 is 19.2 Å². The van der Waals surface area contributed by atoms with E-state index in [4.69, 9.17) is 27.9 Å². The molecule has 1 aromatic carbocycles. The fourth-order valence-corrected chi connectivity index (χ4v) is 2.04. The zero-order valence-electron chi connectivity index (χ0n) is 13.1. The van der Waals surface area contributed by atoms with Gasteiger partial charge < -0.3 is 15.0 Å². The number of hydrogen-bond acceptors (Lipinski definition) is 3. The molecule has 1 atom stereocenters. The molecule has 0 saturated carbocycles. The maximum Gasteiger partial charge on any atom is 0.362 e. The first-order valence-electron chi connectivity index (χ1n) is 6.85. The van der Waals surface area contributed by atoms with Gasteiger partial charge in [0.15, 0.2) is 13.1 Å². The van der Waals surface area contributed by atoms with Gasteiger partial charge in [-0.2, -0.15) is 0 Å². The van der Waals surface area contributed by atoms with Crippen molar-refractivity contribution in [3.05, 3.63) is 28.2 Å². The van der Waals surface area contributed by atoms with Gasteiger partial charge in [-0.1, -0.05) is 23.2 Å². The van der Waals surface area contributed by atoms with Crippen LogP contribution in [-0.4, -0.2) is 37.6 Å². The van der Waals surface area contributed by atoms with E-state index in [1.54, 1.807) is 46.0 Å². The van der Waals surface area contributed by atoms with Crippen molar-refractivity contribution in [2.45, 2.75) is 26.4 Å². The molecule has 0 aliphatic carbocycles. The second-order valence-electron chi connectivity index (χ2n) is 6.07. The lowest BCUT2D eigenvalue weighted by Crippen LogP contribution is -3.11. The van der Waals surface area contributed by atoms with Crippen LogP contribution in [0.3, 0.4) is 0 Å². The number of halogens is 2. The van der Waals surface area contributed by atoms with Gasteiger partial charge in [-0.25, -0.2) is 4.79 Å². The summed E-state index contributed by atoms with van der Waals surface area (Å²) in [6.07, 6.45) is 0. The zero-order chi connectivity index (χ0) is 16.9. The van der Waals surface area contributed by atoms with Gasteiger partial charge in [0, 0.05) is 5.69 Å². The van der Waals surface area contributed by atoms with Crippen molar-refractivity contribution in [3.63, 3.8) is 0 Å². The molecule has 1 aromatic rings. The van der Waals surface area contributed by atoms with E-state index < -0.39 is 5.60 Å². The van der Waals surface area contributed by atoms with Gasteiger partial charge in [-0.15, -0.1) is 0 Å². The number of ether oxygens (including phenoxy) is 1. The standard InChI is InChI=1S/C15H20Cl2N2O3/c1-15(2,3)22-14(21)9-19(4)8-13(20)18-10-5-6-11(16)12(17)7-10/h5-7H,8-9H2,1-4H3,(H,18,20)/p+1. The average molecular weight is 348 g/mol. The SMILES string of the molecule is C[NH+](CC(=O)Nc1ccc(Cl)c(Cl)c1)CC(=O)OC(C)(C)C. The number of carbonyl (C=O) groups excluding carboxylic acids is 2. The molecule has 0 aromatic heterocycles. The summed E-state index contributed by atoms with van der Waals surface area (Å²) < 4.78 is 5.21. The van der Waals surface area contributed by atoms with E-state index >= 15 is 0 Å². The Bertz CT molecular complexity index is 556. The number of anilines is 1. The highest BCUT2D eigenvalue weighted by Gasteiger charge is 2.20. The quantitative estimate of drug-likeness (QED) is 0.798. The van der Waals surface area contributed by atoms with E-state index in [1.165, 1.54) is 0 Å². The van der Waals surface area contributed by atoms with E-state index in [0.717, 1.165) is 4.90 Å². The van der Waals surface area contributed by atoms with Crippen LogP contribution in [0.4, 0.5) is 5.69 Å². The molecule has 7 heteroatoms. The number of esters is 1. The first-order valence-corrected chi connectivity index (χ1v) is 7.60. The van der Waals surface area contributed by atoms with Gasteiger partial charge in [0.05, 0.1) is 17.1 Å². The van der Waals surface area contributed by atoms with Crippen LogP contribution < -0.4 is 10.2 Å². The Labute approximate surface area is 140 Å². The van der Waals surface area contributed by atoms with Crippen LogP contribution in [0.1, 0.15) is 20.8 Å². The Hall–Kier alpha value is -1.30. The molecule has 122 valence electrons. The van der Waals surface area contributed by atoms with Crippen LogP contribution >= 0.6 is 23.2 Å². The number of amides is 1. The van der Waals surface area contributed by atoms with Crippen molar-refractivity contribution in [3.8, 4) is 0 Å². The molecular formula is C15H21Cl2N2O3+. The number of benzene rings is 1. The molecule has 0 saturated heterocycles. The third-order valence-electron chi connectivity index (χ3n) is 2.53. The second kappa shape index (κ2) is 7.81. The van der Waals surface area contributed by atoms with E-state index in [-0.39, 0.29) is 25.0 Å². The van der Waals surface area contributed by atoms with Crippen LogP contribution in [0.15, 0.2) is 18.2 Å². The van der Waals surface area contributed by atoms with Crippen molar-refractivity contribution in [2.24, 2.45) is 0 Å². The summed E-state index contributed by atoms with van der Waals surface area (Å²) in [6.45, 7) is 5.66. The number of quaternary nitrogens is 1. The molecule has 1 amide bonds. The summed E-state index contributed by atoms with van der Waals surface area (Å²) in [5, 5.41) is 3.50. The van der Waals surface area contributed by atoms with Crippen LogP contribution in [0.25, 0.3) is 0 Å². The summed E-state index contributed by atoms with van der Waals surface area (Å²) in [5.74, 6) is -0.563. The highest BCUT2D eigenvalue weighted by Crippen LogP contribution is 2.24. The molecule has 0 fully saturated rings. The molecule has 0 radical (unpaired) electrons. The third kappa shape index (κ3) is 7.11. The molecule has 0 aliphatic heterocycles. The Morgan fingerprint density at radius 1 is 1.18 bits per heavy atom. The van der Waals surface area contributed by atoms with Gasteiger partial charge in [-0.05, 0) is 39.0 Å². The Balaban J connectivity index is 2.47. The lowest BCUT2D eigenvalue weighted by molar-refractivity contribution is -0.863. The Kier molecular flexibility index (Phi) is 6.66. The maximum absolute atomic E-state index is 11.9. The van der Waals surface area contributed by atoms with Crippen molar-refractivity contribution in [2.75, 3.05) is 25.5 Å². The van der Waals surface area contributed by atoms with Crippen LogP contribution in [-0.2, 0) is 14.3 Å². The predicted octanol–water partition coefficient (Wildman–Crippen LogP) is 1.79. The number of carbonyl (C=O) groups is 2. The van der Waals surface area contributed by atoms with Crippen LogP contribution in [0.5, 0.6) is 0 Å². The van der Waals surface area contributed by atoms with Gasteiger partial charge in [-0.3, -0.25) is 4.79 Å². The maximum atomic E-state index is 11.9. The van der Waals surface area contributed by atoms with E-state index in [1.807, 2.05) is 0 Å². The lowest BCUT2D eigenvalue weighted by atomic mass is 10.2. The molecule has 22 heavy (non-hydrogen) atoms. The van der Waals surface area contributed by atoms with Crippen molar-refractivity contribution >= 4 is 40.8 Å². The minimum Gasteiger partial charge on any atom is -0.456 e. The largest absolute Gasteiger partial charge is 0.456 e. The number of nitrogens with one attached hydrogen (secondary N) is 2. The molecule has 2 N–H and O–H groups in total. The van der Waals surface area contributed by atoms with Gasteiger partial charge in [0.2, 0.25) is 0 Å². The number of likely N-dealkylation sites (N-methyl/N-ethyl adjacent to an activating group) is 1. The summed E-state index contributed by atoms with van der Waals surface area (Å²) in [6, 6.07) is 4.84. The molecule has 5 nitrogen and oxygen atoms in total. The normalized spacial score (nSPS) is 12.6. The summed E-state index contributed by atoms with van der Waals surface area (Å²) in [4.78, 5) is 24.3. The van der Waals surface area contributed by atoms with E-state index in [2.05, 4.69) is 5.32 Å². The number of rotatable bonds is 5. The highest BCUT2D eigenvalue weighted by atomic mass is 35.5. The first-order chi connectivity index (χ1) is 10.1. The van der Waals surface area contributed by atoms with Crippen LogP contribution in [0, 0.1) is 0 Å². The van der Waals surface area contributed by atoms with Gasteiger partial charge in [0.1, 0.15) is 5.60 Å². The molecular weight excluding hydrogens is 327 g/mol. The minimum absolute atomic E-state index is 0.117. The molecule has 0 aliphatic rings. The smallest absolute Gasteiger partial charge is 0.362 e. The Morgan fingerprint density at radius 2 is 1.82 bits per heavy atom. The molecule has 0 bridgehead atoms. The minimum atomic E-state index is -0.528. The van der Waals surface area contributed by atoms with Crippen LogP contribution in [0.2, 0.25) is 10.0 Å². The third-order valence-corrected chi connectivity index (χ3v) is 3.27. The highest BCUT2D eigenvalue weighted by molar-refractivity contribution is 6.42. The average Bonchev–Trinajstić information content (AvgIpc) is 2.30. The summed E-state index contributed by atoms with van der Waals surface area (Å²) in [7, 11) is 1.75. The number of hydrogen-bond donors (Lipinski definition) is 2. The predicted molar refractivity (Wildman–Crippen MR) is 87.6 cm³/mol. The van der Waals surface area contributed by atoms with E-state index in [9.17, 15) is 9.59 Å².